The van der Waals surface area contributed by atoms with Crippen molar-refractivity contribution in [2.24, 2.45) is 0 Å². The van der Waals surface area contributed by atoms with E-state index in [-0.39, 0.29) is 18.3 Å². The van der Waals surface area contributed by atoms with Crippen molar-refractivity contribution < 1.29 is 55.1 Å². The van der Waals surface area contributed by atoms with Crippen LogP contribution in [0.15, 0.2) is 18.2 Å². The number of amides is 1. The zero-order chi connectivity index (χ0) is 29.9. The Morgan fingerprint density at radius 2 is 1.83 bits per heavy atom. The smallest absolute Gasteiger partial charge is 0.225 e. The molecule has 0 spiro atoms. The van der Waals surface area contributed by atoms with E-state index in [2.05, 4.69) is 15.6 Å². The molecule has 2 fully saturated rings. The third-order valence-electron chi connectivity index (χ3n) is 6.85. The Bertz CT molecular complexity index is 931. The van der Waals surface area contributed by atoms with Gasteiger partial charge in [0.25, 0.3) is 0 Å². The van der Waals surface area contributed by atoms with Crippen LogP contribution in [0.25, 0.3) is 0 Å². The van der Waals surface area contributed by atoms with Crippen molar-refractivity contribution in [3.05, 3.63) is 18.2 Å². The Balaban J connectivity index is 1.50. The van der Waals surface area contributed by atoms with Crippen LogP contribution in [-0.4, -0.2) is 138 Å². The maximum absolute atomic E-state index is 12.3. The highest BCUT2D eigenvalue weighted by molar-refractivity contribution is 8.77. The van der Waals surface area contributed by atoms with Gasteiger partial charge in [-0.05, 0) is 31.4 Å². The molecule has 1 aromatic heterocycles. The van der Waals surface area contributed by atoms with E-state index >= 15 is 0 Å². The number of anilines is 2. The molecular formula is C25H41N3O11S2. The molecule has 41 heavy (non-hydrogen) atoms. The fraction of sp³-hybridized carbons (Fsp3) is 0.760. The lowest BCUT2D eigenvalue weighted by Crippen LogP contribution is -2.61. The van der Waals surface area contributed by atoms with E-state index in [9.17, 15) is 45.6 Å². The van der Waals surface area contributed by atoms with E-state index in [1.165, 1.54) is 12.2 Å². The molecule has 2 aliphatic rings. The number of hydrogen-bond donors (Lipinski definition) is 10. The summed E-state index contributed by atoms with van der Waals surface area (Å²) in [6.45, 7) is -1.91. The Morgan fingerprint density at radius 1 is 1.07 bits per heavy atom. The van der Waals surface area contributed by atoms with Crippen molar-refractivity contribution >= 4 is 39.1 Å². The van der Waals surface area contributed by atoms with Crippen LogP contribution in [0.5, 0.6) is 0 Å². The normalized spacial score (nSPS) is 29.5. The summed E-state index contributed by atoms with van der Waals surface area (Å²) in [7, 11) is 3.82. The number of aliphatic hydroxyl groups is 8. The molecule has 0 aromatic carbocycles. The van der Waals surface area contributed by atoms with Crippen molar-refractivity contribution in [3.8, 4) is 0 Å². The highest BCUT2D eigenvalue weighted by Crippen LogP contribution is 2.39. The molecule has 1 unspecified atom stereocenters. The van der Waals surface area contributed by atoms with Crippen LogP contribution >= 0.6 is 21.6 Å². The van der Waals surface area contributed by atoms with Crippen molar-refractivity contribution in [1.29, 1.82) is 0 Å². The van der Waals surface area contributed by atoms with Gasteiger partial charge in [-0.2, -0.15) is 0 Å². The van der Waals surface area contributed by atoms with E-state index in [4.69, 9.17) is 9.47 Å². The van der Waals surface area contributed by atoms with Crippen molar-refractivity contribution in [1.82, 2.24) is 4.98 Å². The summed E-state index contributed by atoms with van der Waals surface area (Å²) in [6, 6.07) is 4.84. The summed E-state index contributed by atoms with van der Waals surface area (Å²) >= 11 is 0. The highest BCUT2D eigenvalue weighted by atomic mass is 33.1. The van der Waals surface area contributed by atoms with Gasteiger partial charge in [-0.15, -0.1) is 0 Å². The van der Waals surface area contributed by atoms with Crippen LogP contribution in [0.4, 0.5) is 11.6 Å². The monoisotopic (exact) mass is 623 g/mol. The van der Waals surface area contributed by atoms with E-state index < -0.39 is 68.3 Å². The van der Waals surface area contributed by atoms with Crippen molar-refractivity contribution in [2.75, 3.05) is 36.1 Å². The van der Waals surface area contributed by atoms with Gasteiger partial charge >= 0.3 is 0 Å². The quantitative estimate of drug-likeness (QED) is 0.0738. The summed E-state index contributed by atoms with van der Waals surface area (Å²) < 4.78 is 10.6. The van der Waals surface area contributed by atoms with Crippen LogP contribution in [0.1, 0.15) is 32.1 Å². The van der Waals surface area contributed by atoms with Gasteiger partial charge in [-0.25, -0.2) is 4.98 Å². The number of carbonyl (C=O) groups excluding carboxylic acids is 1. The topological polar surface area (TPSA) is 234 Å². The third kappa shape index (κ3) is 10.1. The first-order valence-electron chi connectivity index (χ1n) is 13.5. The number of rotatable bonds is 16. The lowest BCUT2D eigenvalue weighted by Gasteiger charge is -2.42. The molecule has 16 heteroatoms. The number of hydrogen-bond acceptors (Lipinski definition) is 15. The van der Waals surface area contributed by atoms with Crippen LogP contribution in [0.2, 0.25) is 0 Å². The van der Waals surface area contributed by atoms with Crippen LogP contribution in [-0.2, 0) is 14.3 Å². The Kier molecular flexibility index (Phi) is 14.3. The first-order valence-corrected chi connectivity index (χ1v) is 15.9. The van der Waals surface area contributed by atoms with Crippen LogP contribution in [0.3, 0.4) is 0 Å². The van der Waals surface area contributed by atoms with Gasteiger partial charge < -0.3 is 61.0 Å². The van der Waals surface area contributed by atoms with Gasteiger partial charge in [0.15, 0.2) is 6.29 Å². The minimum Gasteiger partial charge on any atom is -0.394 e. The number of pyridine rings is 1. The fourth-order valence-corrected chi connectivity index (χ4v) is 7.44. The molecule has 0 bridgehead atoms. The molecular weight excluding hydrogens is 582 g/mol. The summed E-state index contributed by atoms with van der Waals surface area (Å²) in [6.07, 6.45) is -10.7. The number of unbranched alkanes of at least 4 members (excludes halogenated alkanes) is 1. The predicted octanol–water partition coefficient (Wildman–Crippen LogP) is -1.59. The molecule has 1 amide bonds. The predicted molar refractivity (Wildman–Crippen MR) is 152 cm³/mol. The molecule has 10 atom stereocenters. The first-order chi connectivity index (χ1) is 19.6. The maximum Gasteiger partial charge on any atom is 0.225 e. The Hall–Kier alpha value is -1.28. The molecule has 1 aromatic rings. The lowest BCUT2D eigenvalue weighted by atomic mass is 9.98. The van der Waals surface area contributed by atoms with Crippen molar-refractivity contribution in [2.45, 2.75) is 92.5 Å². The Labute approximate surface area is 245 Å². The van der Waals surface area contributed by atoms with E-state index in [0.717, 1.165) is 19.3 Å². The number of nitrogens with one attached hydrogen (secondary N) is 2. The van der Waals surface area contributed by atoms with Crippen molar-refractivity contribution in [3.63, 3.8) is 0 Å². The number of aliphatic hydroxyl groups excluding tert-OH is 8. The summed E-state index contributed by atoms with van der Waals surface area (Å²) in [5.41, 5.74) is 0. The molecule has 10 N–H and O–H groups in total. The molecule has 3 rings (SSSR count). The third-order valence-corrected chi connectivity index (χ3v) is 9.86. The number of carbonyl (C=O) groups is 1. The SMILES string of the molecule is O=C(CCCCC1CCSS1)Nc1cccc(NC[C@H](O)[C@@H](O)[C@H](O[C@H]2O[C@H](CO)[C@@H](O)[C@H](O)[C@H]2O)[C@H](O)CO)n1. The number of ether oxygens (including phenoxy) is 2. The molecule has 0 saturated carbocycles. The van der Waals surface area contributed by atoms with E-state index in [1.807, 2.05) is 21.6 Å². The largest absolute Gasteiger partial charge is 0.394 e. The first kappa shape index (κ1) is 34.2. The van der Waals surface area contributed by atoms with E-state index in [1.54, 1.807) is 18.2 Å². The molecule has 3 heterocycles. The zero-order valence-electron chi connectivity index (χ0n) is 22.4. The zero-order valence-corrected chi connectivity index (χ0v) is 24.1. The maximum atomic E-state index is 12.3. The Morgan fingerprint density at radius 3 is 2.51 bits per heavy atom. The van der Waals surface area contributed by atoms with Gasteiger partial charge in [-0.1, -0.05) is 34.1 Å². The average Bonchev–Trinajstić information content (AvgIpc) is 3.50. The molecule has 0 aliphatic carbocycles. The van der Waals surface area contributed by atoms with Gasteiger partial charge in [0.2, 0.25) is 5.91 Å². The van der Waals surface area contributed by atoms with Gasteiger partial charge in [0, 0.05) is 24.0 Å². The molecule has 2 saturated heterocycles. The van der Waals surface area contributed by atoms with Gasteiger partial charge in [0.1, 0.15) is 54.4 Å². The fourth-order valence-electron chi connectivity index (χ4n) is 4.42. The van der Waals surface area contributed by atoms with Crippen LogP contribution in [0, 0.1) is 0 Å². The summed E-state index contributed by atoms with van der Waals surface area (Å²) in [5.74, 6) is 1.60. The van der Waals surface area contributed by atoms with Crippen LogP contribution < -0.4 is 10.6 Å². The van der Waals surface area contributed by atoms with Gasteiger partial charge in [0.05, 0.1) is 19.3 Å². The summed E-state index contributed by atoms with van der Waals surface area (Å²) in [5, 5.41) is 86.6. The second-order valence-corrected chi connectivity index (χ2v) is 12.8. The molecule has 234 valence electrons. The lowest BCUT2D eigenvalue weighted by molar-refractivity contribution is -0.326. The minimum absolute atomic E-state index is 0.162. The number of nitrogens with zero attached hydrogens (tertiary/aromatic N) is 1. The average molecular weight is 624 g/mol. The molecule has 14 nitrogen and oxygen atoms in total. The van der Waals surface area contributed by atoms with Gasteiger partial charge in [-0.3, -0.25) is 4.79 Å². The minimum atomic E-state index is -1.83. The summed E-state index contributed by atoms with van der Waals surface area (Å²) in [4.78, 5) is 16.6. The van der Waals surface area contributed by atoms with E-state index in [0.29, 0.717) is 17.5 Å². The number of aromatic nitrogens is 1. The second kappa shape index (κ2) is 17.1. The standard InChI is InChI=1S/C25H41N3O11S2/c29-11-15(32)24(39-25-23(37)22(36)21(35)16(12-30)38-25)20(34)14(31)10-26-17-5-3-6-18(27-17)28-19(33)7-2-1-4-13-8-9-40-41-13/h3,5-6,13-16,20-25,29-32,34-37H,1-2,4,7-12H2,(H2,26,27,28,33)/t13?,14-,15+,16+,20+,21+,22-,23+,24+,25+/m0/s1. The second-order valence-electron chi connectivity index (χ2n) is 10.0. The molecule has 0 radical (unpaired) electrons. The highest BCUT2D eigenvalue weighted by Gasteiger charge is 2.46. The molecule has 2 aliphatic heterocycles.